The highest BCUT2D eigenvalue weighted by atomic mass is 127. The molecule has 0 saturated heterocycles. The minimum Gasteiger partial charge on any atom is -0.248 e. The van der Waals surface area contributed by atoms with Crippen LogP contribution in [0.1, 0.15) is 11.1 Å². The first-order valence-electron chi connectivity index (χ1n) is 8.76. The van der Waals surface area contributed by atoms with Crippen LogP contribution in [0, 0.1) is 10.5 Å². The van der Waals surface area contributed by atoms with Crippen molar-refractivity contribution in [2.75, 3.05) is 4.31 Å². The largest absolute Gasteiger partial charge is 0.265 e. The molecular weight excluding hydrogens is 501 g/mol. The number of rotatable bonds is 4. The summed E-state index contributed by atoms with van der Waals surface area (Å²) in [6, 6.07) is 22.8. The molecule has 0 fully saturated rings. The topological polar surface area (TPSA) is 37.4 Å². The van der Waals surface area contributed by atoms with Gasteiger partial charge in [-0.15, -0.1) is 0 Å². The quantitative estimate of drug-likeness (QED) is 0.401. The summed E-state index contributed by atoms with van der Waals surface area (Å²) in [7, 11) is -3.67. The summed E-state index contributed by atoms with van der Waals surface area (Å²) in [5, 5.41) is -0.331. The molecule has 1 heterocycles. The highest BCUT2D eigenvalue weighted by molar-refractivity contribution is 14.1. The molecule has 3 aromatic rings. The third kappa shape index (κ3) is 3.86. The van der Waals surface area contributed by atoms with Crippen LogP contribution in [0.3, 0.4) is 0 Å². The van der Waals surface area contributed by atoms with Gasteiger partial charge in [0.1, 0.15) is 5.37 Å². The number of thioether (sulfide) groups is 1. The summed E-state index contributed by atoms with van der Waals surface area (Å²) in [5.74, 6) is 0. The van der Waals surface area contributed by atoms with Crippen LogP contribution < -0.4 is 4.31 Å². The van der Waals surface area contributed by atoms with Gasteiger partial charge in [0.05, 0.1) is 10.6 Å². The fraction of sp³-hybridized carbons (Fsp3) is 0.0909. The Hall–Kier alpha value is -1.77. The Morgan fingerprint density at radius 2 is 1.64 bits per heavy atom. The molecular formula is C22H18INO2S2. The van der Waals surface area contributed by atoms with Gasteiger partial charge in [-0.25, -0.2) is 12.7 Å². The predicted molar refractivity (Wildman–Crippen MR) is 125 cm³/mol. The molecule has 28 heavy (non-hydrogen) atoms. The lowest BCUT2D eigenvalue weighted by Gasteiger charge is -2.24. The smallest absolute Gasteiger partial charge is 0.248 e. The van der Waals surface area contributed by atoms with E-state index in [2.05, 4.69) is 22.6 Å². The summed E-state index contributed by atoms with van der Waals surface area (Å²) in [6.07, 6.45) is 3.94. The van der Waals surface area contributed by atoms with Crippen molar-refractivity contribution in [1.82, 2.24) is 0 Å². The number of hydrogen-bond donors (Lipinski definition) is 0. The molecule has 142 valence electrons. The number of nitrogens with zero attached hydrogens (tertiary/aromatic N) is 1. The number of halogens is 1. The van der Waals surface area contributed by atoms with Gasteiger partial charge >= 0.3 is 0 Å². The Bertz CT molecular complexity index is 1120. The molecule has 0 radical (unpaired) electrons. The Kier molecular flexibility index (Phi) is 5.53. The second kappa shape index (κ2) is 7.93. The van der Waals surface area contributed by atoms with E-state index in [1.807, 2.05) is 79.7 Å². The van der Waals surface area contributed by atoms with Crippen LogP contribution in [0.15, 0.2) is 88.7 Å². The Labute approximate surface area is 183 Å². The fourth-order valence-electron chi connectivity index (χ4n) is 3.03. The van der Waals surface area contributed by atoms with Crippen molar-refractivity contribution in [2.24, 2.45) is 0 Å². The molecule has 0 spiro atoms. The van der Waals surface area contributed by atoms with Crippen LogP contribution >= 0.6 is 34.4 Å². The van der Waals surface area contributed by atoms with E-state index in [0.29, 0.717) is 4.90 Å². The van der Waals surface area contributed by atoms with Crippen LogP contribution in [0.5, 0.6) is 0 Å². The zero-order valence-electron chi connectivity index (χ0n) is 15.1. The average Bonchev–Trinajstić information content (AvgIpc) is 3.07. The van der Waals surface area contributed by atoms with E-state index < -0.39 is 10.0 Å². The first-order chi connectivity index (χ1) is 13.4. The average molecular weight is 519 g/mol. The molecule has 1 unspecified atom stereocenters. The van der Waals surface area contributed by atoms with Crippen LogP contribution in [0.4, 0.5) is 5.69 Å². The Morgan fingerprint density at radius 1 is 0.964 bits per heavy atom. The number of anilines is 1. The van der Waals surface area contributed by atoms with Gasteiger partial charge in [-0.05, 0) is 77.6 Å². The van der Waals surface area contributed by atoms with Gasteiger partial charge in [0, 0.05) is 8.47 Å². The molecule has 0 amide bonds. The summed E-state index contributed by atoms with van der Waals surface area (Å²) in [5.41, 5.74) is 2.81. The van der Waals surface area contributed by atoms with Gasteiger partial charge in [0.15, 0.2) is 0 Å². The van der Waals surface area contributed by atoms with E-state index in [0.717, 1.165) is 21.7 Å². The van der Waals surface area contributed by atoms with E-state index in [4.69, 9.17) is 0 Å². The number of hydrogen-bond acceptors (Lipinski definition) is 3. The molecule has 1 aliphatic heterocycles. The molecule has 0 bridgehead atoms. The van der Waals surface area contributed by atoms with Crippen molar-refractivity contribution in [3.05, 3.63) is 93.6 Å². The maximum atomic E-state index is 13.5. The summed E-state index contributed by atoms with van der Waals surface area (Å²) >= 11 is 3.82. The number of aryl methyl sites for hydroxylation is 1. The molecule has 3 aromatic carbocycles. The lowest BCUT2D eigenvalue weighted by Crippen LogP contribution is -2.34. The Morgan fingerprint density at radius 3 is 2.36 bits per heavy atom. The van der Waals surface area contributed by atoms with Gasteiger partial charge < -0.3 is 0 Å². The predicted octanol–water partition coefficient (Wildman–Crippen LogP) is 5.94. The molecule has 0 N–H and O–H groups in total. The number of para-hydroxylation sites is 1. The monoisotopic (exact) mass is 519 g/mol. The van der Waals surface area contributed by atoms with Gasteiger partial charge in [-0.2, -0.15) is 0 Å². The van der Waals surface area contributed by atoms with Crippen LogP contribution in [-0.2, 0) is 10.0 Å². The minimum atomic E-state index is -3.67. The van der Waals surface area contributed by atoms with E-state index in [1.54, 1.807) is 23.9 Å². The van der Waals surface area contributed by atoms with Gasteiger partial charge in [0.25, 0.3) is 10.0 Å². The molecule has 1 atom stereocenters. The second-order valence-electron chi connectivity index (χ2n) is 6.50. The Balaban J connectivity index is 1.74. The summed E-state index contributed by atoms with van der Waals surface area (Å²) in [4.78, 5) is 1.28. The van der Waals surface area contributed by atoms with Crippen molar-refractivity contribution in [3.63, 3.8) is 0 Å². The molecule has 0 aromatic heterocycles. The second-order valence-corrected chi connectivity index (χ2v) is 10.7. The molecule has 0 aliphatic carbocycles. The molecule has 6 heteroatoms. The van der Waals surface area contributed by atoms with E-state index in [-0.39, 0.29) is 5.37 Å². The van der Waals surface area contributed by atoms with E-state index >= 15 is 0 Å². The summed E-state index contributed by atoms with van der Waals surface area (Å²) in [6.45, 7) is 1.95. The summed E-state index contributed by atoms with van der Waals surface area (Å²) < 4.78 is 29.6. The standard InChI is InChI=1S/C22H18INO2S2/c1-16-6-13-19(14-7-16)28(25,26)24-20-4-2-3-5-21(20)27-22(24)15-10-17-8-11-18(23)12-9-17/h2-15,22H,1H3/b15-10+. The van der Waals surface area contributed by atoms with Crippen molar-refractivity contribution < 1.29 is 8.42 Å². The van der Waals surface area contributed by atoms with Crippen molar-refractivity contribution in [2.45, 2.75) is 22.1 Å². The number of benzene rings is 3. The number of sulfonamides is 1. The zero-order valence-corrected chi connectivity index (χ0v) is 18.9. The molecule has 4 rings (SSSR count). The maximum Gasteiger partial charge on any atom is 0.265 e. The van der Waals surface area contributed by atoms with Gasteiger partial charge in [0.2, 0.25) is 0 Å². The third-order valence-corrected chi connectivity index (χ3v) is 8.35. The lowest BCUT2D eigenvalue weighted by atomic mass is 10.2. The SMILES string of the molecule is Cc1ccc(S(=O)(=O)N2c3ccccc3SC2/C=C/c2ccc(I)cc2)cc1. The molecule has 3 nitrogen and oxygen atoms in total. The van der Waals surface area contributed by atoms with Gasteiger partial charge in [-0.1, -0.05) is 59.8 Å². The van der Waals surface area contributed by atoms with Crippen molar-refractivity contribution in [1.29, 1.82) is 0 Å². The lowest BCUT2D eigenvalue weighted by molar-refractivity contribution is 0.592. The molecule has 1 aliphatic rings. The van der Waals surface area contributed by atoms with Crippen molar-refractivity contribution in [3.8, 4) is 0 Å². The fourth-order valence-corrected chi connectivity index (χ4v) is 6.46. The van der Waals surface area contributed by atoms with E-state index in [1.165, 1.54) is 7.88 Å². The number of fused-ring (bicyclic) bond motifs is 1. The van der Waals surface area contributed by atoms with Crippen molar-refractivity contribution >= 4 is 56.1 Å². The normalized spacial score (nSPS) is 16.5. The zero-order chi connectivity index (χ0) is 19.7. The highest BCUT2D eigenvalue weighted by Crippen LogP contribution is 2.46. The van der Waals surface area contributed by atoms with Crippen LogP contribution in [0.2, 0.25) is 0 Å². The minimum absolute atomic E-state index is 0.308. The van der Waals surface area contributed by atoms with Gasteiger partial charge in [-0.3, -0.25) is 0 Å². The first kappa shape index (κ1) is 19.5. The van der Waals surface area contributed by atoms with Crippen LogP contribution in [0.25, 0.3) is 6.08 Å². The van der Waals surface area contributed by atoms with Crippen LogP contribution in [-0.4, -0.2) is 13.8 Å². The highest BCUT2D eigenvalue weighted by Gasteiger charge is 2.37. The maximum absolute atomic E-state index is 13.5. The first-order valence-corrected chi connectivity index (χ1v) is 12.2. The third-order valence-electron chi connectivity index (χ3n) is 4.48. The molecule has 0 saturated carbocycles. The van der Waals surface area contributed by atoms with E-state index in [9.17, 15) is 8.42 Å².